The molecule has 2 heterocycles. The van der Waals surface area contributed by atoms with Crippen molar-refractivity contribution in [3.05, 3.63) is 48.4 Å². The van der Waals surface area contributed by atoms with Crippen molar-refractivity contribution in [2.45, 2.75) is 16.7 Å². The van der Waals surface area contributed by atoms with Gasteiger partial charge in [0, 0.05) is 37.3 Å². The van der Waals surface area contributed by atoms with Crippen LogP contribution in [0.1, 0.15) is 17.2 Å². The van der Waals surface area contributed by atoms with Crippen LogP contribution in [0.3, 0.4) is 0 Å². The van der Waals surface area contributed by atoms with Crippen LogP contribution in [0, 0.1) is 0 Å². The van der Waals surface area contributed by atoms with Crippen LogP contribution in [0.5, 0.6) is 0 Å². The summed E-state index contributed by atoms with van der Waals surface area (Å²) in [4.78, 5) is 4.00. The molecule has 0 amide bonds. The van der Waals surface area contributed by atoms with Crippen molar-refractivity contribution >= 4 is 21.8 Å². The lowest BCUT2D eigenvalue weighted by molar-refractivity contribution is 0.426. The SMILES string of the molecule is Cn1cnc(S(=O)(=O)N2CCS[C@H](c3ccccc3)CC2)c1. The molecular formula is C15H19N3O2S2. The van der Waals surface area contributed by atoms with Crippen molar-refractivity contribution < 1.29 is 8.42 Å². The molecule has 0 spiro atoms. The summed E-state index contributed by atoms with van der Waals surface area (Å²) >= 11 is 1.83. The number of benzene rings is 1. The Balaban J connectivity index is 1.75. The van der Waals surface area contributed by atoms with E-state index in [0.717, 1.165) is 12.2 Å². The topological polar surface area (TPSA) is 55.2 Å². The van der Waals surface area contributed by atoms with Gasteiger partial charge < -0.3 is 4.57 Å². The number of imidazole rings is 1. The zero-order valence-corrected chi connectivity index (χ0v) is 14.1. The third-order valence-electron chi connectivity index (χ3n) is 3.76. The van der Waals surface area contributed by atoms with Crippen molar-refractivity contribution in [1.29, 1.82) is 0 Å². The number of aryl methyl sites for hydroxylation is 1. The number of sulfonamides is 1. The number of nitrogens with zero attached hydrogens (tertiary/aromatic N) is 3. The molecule has 3 rings (SSSR count). The third kappa shape index (κ3) is 3.21. The predicted octanol–water partition coefficient (Wildman–Crippen LogP) is 2.29. The molecule has 1 fully saturated rings. The molecule has 22 heavy (non-hydrogen) atoms. The fourth-order valence-electron chi connectivity index (χ4n) is 2.58. The highest BCUT2D eigenvalue weighted by molar-refractivity contribution is 7.99. The highest BCUT2D eigenvalue weighted by atomic mass is 32.2. The quantitative estimate of drug-likeness (QED) is 0.862. The maximum atomic E-state index is 12.6. The fraction of sp³-hybridized carbons (Fsp3) is 0.400. The molecule has 0 radical (unpaired) electrons. The van der Waals surface area contributed by atoms with E-state index in [1.54, 1.807) is 22.1 Å². The third-order valence-corrected chi connectivity index (χ3v) is 6.87. The molecule has 0 bridgehead atoms. The first-order chi connectivity index (χ1) is 10.6. The smallest absolute Gasteiger partial charge is 0.262 e. The molecule has 1 aliphatic rings. The molecule has 1 aromatic heterocycles. The van der Waals surface area contributed by atoms with E-state index in [1.165, 1.54) is 11.9 Å². The second kappa shape index (κ2) is 6.44. The molecule has 0 N–H and O–H groups in total. The lowest BCUT2D eigenvalue weighted by atomic mass is 10.1. The minimum Gasteiger partial charge on any atom is -0.339 e. The highest BCUT2D eigenvalue weighted by Gasteiger charge is 2.29. The second-order valence-electron chi connectivity index (χ2n) is 5.34. The summed E-state index contributed by atoms with van der Waals surface area (Å²) in [6.45, 7) is 1.07. The highest BCUT2D eigenvalue weighted by Crippen LogP contribution is 2.35. The monoisotopic (exact) mass is 337 g/mol. The summed E-state index contributed by atoms with van der Waals surface area (Å²) in [7, 11) is -1.71. The van der Waals surface area contributed by atoms with Crippen molar-refractivity contribution in [3.63, 3.8) is 0 Å². The Morgan fingerprint density at radius 1 is 1.23 bits per heavy atom. The Bertz CT molecular complexity index is 728. The van der Waals surface area contributed by atoms with E-state index in [0.29, 0.717) is 18.3 Å². The lowest BCUT2D eigenvalue weighted by Gasteiger charge is -2.18. The van der Waals surface area contributed by atoms with Crippen molar-refractivity contribution in [3.8, 4) is 0 Å². The predicted molar refractivity (Wildman–Crippen MR) is 88.2 cm³/mol. The van der Waals surface area contributed by atoms with E-state index in [4.69, 9.17) is 0 Å². The van der Waals surface area contributed by atoms with Crippen LogP contribution in [0.25, 0.3) is 0 Å². The van der Waals surface area contributed by atoms with Crippen molar-refractivity contribution in [1.82, 2.24) is 13.9 Å². The normalized spacial score (nSPS) is 20.7. The maximum Gasteiger partial charge on any atom is 0.262 e. The Morgan fingerprint density at radius 3 is 2.68 bits per heavy atom. The molecule has 2 aromatic rings. The number of hydrogen-bond acceptors (Lipinski definition) is 4. The zero-order chi connectivity index (χ0) is 15.6. The molecule has 7 heteroatoms. The van der Waals surface area contributed by atoms with E-state index in [1.807, 2.05) is 30.0 Å². The molecule has 5 nitrogen and oxygen atoms in total. The number of rotatable bonds is 3. The van der Waals surface area contributed by atoms with Gasteiger partial charge in [-0.3, -0.25) is 0 Å². The molecule has 1 aromatic carbocycles. The van der Waals surface area contributed by atoms with Gasteiger partial charge in [0.1, 0.15) is 0 Å². The van der Waals surface area contributed by atoms with Crippen LogP contribution in [-0.2, 0) is 17.1 Å². The molecule has 0 unspecified atom stereocenters. The molecule has 118 valence electrons. The van der Waals surface area contributed by atoms with E-state index < -0.39 is 10.0 Å². The largest absolute Gasteiger partial charge is 0.339 e. The van der Waals surface area contributed by atoms with Crippen molar-refractivity contribution in [2.75, 3.05) is 18.8 Å². The summed E-state index contributed by atoms with van der Waals surface area (Å²) < 4.78 is 28.5. The number of thioether (sulfide) groups is 1. The summed E-state index contributed by atoms with van der Waals surface area (Å²) in [5.74, 6) is 0.797. The van der Waals surface area contributed by atoms with Crippen molar-refractivity contribution in [2.24, 2.45) is 7.05 Å². The first-order valence-electron chi connectivity index (χ1n) is 7.22. The zero-order valence-electron chi connectivity index (χ0n) is 12.4. The average molecular weight is 337 g/mol. The Morgan fingerprint density at radius 2 is 2.00 bits per heavy atom. The lowest BCUT2D eigenvalue weighted by Crippen LogP contribution is -2.33. The Kier molecular flexibility index (Phi) is 4.56. The fourth-order valence-corrected chi connectivity index (χ4v) is 5.35. The standard InChI is InChI=1S/C15H19N3O2S2/c1-17-11-15(16-12-17)22(19,20)18-8-7-14(21-10-9-18)13-5-3-2-4-6-13/h2-6,11-12,14H,7-10H2,1H3/t14-/m0/s1. The van der Waals surface area contributed by atoms with Gasteiger partial charge in [0.05, 0.1) is 6.33 Å². The van der Waals surface area contributed by atoms with Gasteiger partial charge in [-0.2, -0.15) is 16.1 Å². The van der Waals surface area contributed by atoms with Crippen LogP contribution in [0.2, 0.25) is 0 Å². The first kappa shape index (κ1) is 15.6. The van der Waals surface area contributed by atoms with E-state index in [2.05, 4.69) is 17.1 Å². The van der Waals surface area contributed by atoms with E-state index in [9.17, 15) is 8.42 Å². The van der Waals surface area contributed by atoms with Crippen LogP contribution < -0.4 is 0 Å². The molecule has 1 saturated heterocycles. The number of hydrogen-bond donors (Lipinski definition) is 0. The van der Waals surface area contributed by atoms with Gasteiger partial charge in [0.25, 0.3) is 10.0 Å². The summed E-state index contributed by atoms with van der Waals surface area (Å²) in [5, 5.41) is 0.489. The summed E-state index contributed by atoms with van der Waals surface area (Å²) in [6, 6.07) is 10.3. The Hall–Kier alpha value is -1.31. The summed E-state index contributed by atoms with van der Waals surface area (Å²) in [5.41, 5.74) is 1.27. The van der Waals surface area contributed by atoms with Crippen LogP contribution in [-0.4, -0.2) is 41.1 Å². The first-order valence-corrected chi connectivity index (χ1v) is 9.71. The number of aromatic nitrogens is 2. The second-order valence-corrected chi connectivity index (χ2v) is 8.54. The summed E-state index contributed by atoms with van der Waals surface area (Å²) in [6.07, 6.45) is 3.90. The molecule has 1 aliphatic heterocycles. The van der Waals surface area contributed by atoms with Gasteiger partial charge in [-0.05, 0) is 12.0 Å². The van der Waals surface area contributed by atoms with Gasteiger partial charge >= 0.3 is 0 Å². The minimum absolute atomic E-state index is 0.137. The molecule has 0 saturated carbocycles. The van der Waals surface area contributed by atoms with Gasteiger partial charge in [0.2, 0.25) is 0 Å². The van der Waals surface area contributed by atoms with E-state index >= 15 is 0 Å². The molecule has 0 aliphatic carbocycles. The van der Waals surface area contributed by atoms with E-state index in [-0.39, 0.29) is 5.03 Å². The van der Waals surface area contributed by atoms with Gasteiger partial charge in [-0.1, -0.05) is 30.3 Å². The van der Waals surface area contributed by atoms with Gasteiger partial charge in [-0.25, -0.2) is 13.4 Å². The Labute approximate surface area is 135 Å². The van der Waals surface area contributed by atoms with Gasteiger partial charge in [-0.15, -0.1) is 0 Å². The molecular weight excluding hydrogens is 318 g/mol. The molecule has 1 atom stereocenters. The van der Waals surface area contributed by atoms with Crippen LogP contribution in [0.15, 0.2) is 47.9 Å². The minimum atomic E-state index is -3.48. The van der Waals surface area contributed by atoms with Crippen LogP contribution >= 0.6 is 11.8 Å². The average Bonchev–Trinajstić information content (AvgIpc) is 2.82. The van der Waals surface area contributed by atoms with Gasteiger partial charge in [0.15, 0.2) is 5.03 Å². The maximum absolute atomic E-state index is 12.6. The van der Waals surface area contributed by atoms with Crippen LogP contribution in [0.4, 0.5) is 0 Å².